The number of hydrogen-bond donors (Lipinski definition) is 0. The van der Waals surface area contributed by atoms with E-state index in [1.165, 1.54) is 12.5 Å². The molecule has 0 aliphatic rings. The van der Waals surface area contributed by atoms with Gasteiger partial charge < -0.3 is 9.30 Å². The zero-order valence-electron chi connectivity index (χ0n) is 13.1. The van der Waals surface area contributed by atoms with Gasteiger partial charge >= 0.3 is 5.97 Å². The van der Waals surface area contributed by atoms with Gasteiger partial charge in [0, 0.05) is 18.9 Å². The van der Waals surface area contributed by atoms with Crippen molar-refractivity contribution in [3.63, 3.8) is 0 Å². The van der Waals surface area contributed by atoms with Gasteiger partial charge in [-0.05, 0) is 11.6 Å². The summed E-state index contributed by atoms with van der Waals surface area (Å²) in [5.41, 5.74) is 3.46. The standard InChI is InChI=1S/C19H15N3O2/c1-13(23)24-19-17-18(15-9-5-6-10-16(15)21-19)22(12-20-17)11-14-7-3-2-4-8-14/h2-10,12H,11H2,1H3. The SMILES string of the molecule is CC(=O)Oc1nc2ccccc2c2c1ncn2Cc1ccccc1. The molecule has 4 rings (SSSR count). The molecule has 5 nitrogen and oxygen atoms in total. The second kappa shape index (κ2) is 5.77. The van der Waals surface area contributed by atoms with Crippen molar-refractivity contribution in [2.75, 3.05) is 0 Å². The molecule has 0 aliphatic heterocycles. The number of nitrogens with zero attached hydrogens (tertiary/aromatic N) is 3. The second-order valence-electron chi connectivity index (χ2n) is 5.58. The van der Waals surface area contributed by atoms with Crippen molar-refractivity contribution >= 4 is 27.9 Å². The number of carbonyl (C=O) groups excluding carboxylic acids is 1. The predicted molar refractivity (Wildman–Crippen MR) is 91.9 cm³/mol. The molecule has 2 aromatic heterocycles. The molecule has 0 unspecified atom stereocenters. The van der Waals surface area contributed by atoms with E-state index in [0.717, 1.165) is 16.4 Å². The van der Waals surface area contributed by atoms with Crippen LogP contribution in [0.2, 0.25) is 0 Å². The minimum atomic E-state index is -0.406. The number of esters is 1. The Morgan fingerprint density at radius 3 is 2.62 bits per heavy atom. The molecule has 24 heavy (non-hydrogen) atoms. The van der Waals surface area contributed by atoms with Crippen LogP contribution in [0.3, 0.4) is 0 Å². The largest absolute Gasteiger partial charge is 0.405 e. The summed E-state index contributed by atoms with van der Waals surface area (Å²) in [5, 5.41) is 0.983. The molecule has 0 N–H and O–H groups in total. The smallest absolute Gasteiger partial charge is 0.309 e. The molecular formula is C19H15N3O2. The van der Waals surface area contributed by atoms with Gasteiger partial charge in [0.15, 0.2) is 5.52 Å². The van der Waals surface area contributed by atoms with Crippen molar-refractivity contribution in [3.05, 3.63) is 66.5 Å². The van der Waals surface area contributed by atoms with Crippen LogP contribution in [0.25, 0.3) is 21.9 Å². The van der Waals surface area contributed by atoms with Crippen molar-refractivity contribution in [2.45, 2.75) is 13.5 Å². The van der Waals surface area contributed by atoms with Gasteiger partial charge in [0.05, 0.1) is 17.4 Å². The molecular weight excluding hydrogens is 302 g/mol. The average molecular weight is 317 g/mol. The van der Waals surface area contributed by atoms with Crippen molar-refractivity contribution in [3.8, 4) is 5.88 Å². The first kappa shape index (κ1) is 14.4. The van der Waals surface area contributed by atoms with E-state index in [1.807, 2.05) is 42.5 Å². The summed E-state index contributed by atoms with van der Waals surface area (Å²) in [7, 11) is 0. The highest BCUT2D eigenvalue weighted by molar-refractivity contribution is 6.04. The van der Waals surface area contributed by atoms with Crippen LogP contribution in [0.15, 0.2) is 60.9 Å². The highest BCUT2D eigenvalue weighted by Gasteiger charge is 2.16. The topological polar surface area (TPSA) is 57.0 Å². The molecule has 0 fully saturated rings. The Labute approximate surface area is 138 Å². The first-order valence-corrected chi connectivity index (χ1v) is 7.68. The molecule has 0 bridgehead atoms. The van der Waals surface area contributed by atoms with Gasteiger partial charge in [-0.25, -0.2) is 9.97 Å². The third-order valence-corrected chi connectivity index (χ3v) is 3.86. The zero-order chi connectivity index (χ0) is 16.5. The maximum absolute atomic E-state index is 11.4. The fourth-order valence-electron chi connectivity index (χ4n) is 2.86. The number of imidazole rings is 1. The van der Waals surface area contributed by atoms with Gasteiger partial charge in [0.2, 0.25) is 0 Å². The Balaban J connectivity index is 1.95. The first-order valence-electron chi connectivity index (χ1n) is 7.68. The van der Waals surface area contributed by atoms with Crippen LogP contribution in [0.1, 0.15) is 12.5 Å². The predicted octanol–water partition coefficient (Wildman–Crippen LogP) is 3.56. The van der Waals surface area contributed by atoms with E-state index in [1.54, 1.807) is 6.33 Å². The summed E-state index contributed by atoms with van der Waals surface area (Å²) in [6.07, 6.45) is 1.76. The number of hydrogen-bond acceptors (Lipinski definition) is 4. The van der Waals surface area contributed by atoms with Gasteiger partial charge in [-0.2, -0.15) is 0 Å². The first-order chi connectivity index (χ1) is 11.7. The summed E-state index contributed by atoms with van der Waals surface area (Å²) in [5.74, 6) is -0.153. The number of ether oxygens (including phenoxy) is 1. The number of para-hydroxylation sites is 1. The van der Waals surface area contributed by atoms with Gasteiger partial charge in [-0.1, -0.05) is 48.5 Å². The minimum Gasteiger partial charge on any atom is -0.405 e. The van der Waals surface area contributed by atoms with E-state index in [9.17, 15) is 4.79 Å². The maximum atomic E-state index is 11.4. The molecule has 2 heterocycles. The summed E-state index contributed by atoms with van der Waals surface area (Å²) in [4.78, 5) is 20.3. The van der Waals surface area contributed by atoms with E-state index in [0.29, 0.717) is 12.1 Å². The molecule has 0 spiro atoms. The van der Waals surface area contributed by atoms with Gasteiger partial charge in [-0.3, -0.25) is 4.79 Å². The van der Waals surface area contributed by atoms with Gasteiger partial charge in [0.25, 0.3) is 5.88 Å². The molecule has 0 aliphatic carbocycles. The van der Waals surface area contributed by atoms with Crippen molar-refractivity contribution < 1.29 is 9.53 Å². The summed E-state index contributed by atoms with van der Waals surface area (Å²) in [6, 6.07) is 18.0. The van der Waals surface area contributed by atoms with E-state index in [4.69, 9.17) is 4.74 Å². The molecule has 4 aromatic rings. The van der Waals surface area contributed by atoms with Gasteiger partial charge in [0.1, 0.15) is 0 Å². The van der Waals surface area contributed by atoms with E-state index in [-0.39, 0.29) is 5.88 Å². The Morgan fingerprint density at radius 2 is 1.83 bits per heavy atom. The fraction of sp³-hybridized carbons (Fsp3) is 0.105. The molecule has 0 amide bonds. The lowest BCUT2D eigenvalue weighted by molar-refractivity contribution is -0.132. The molecule has 0 saturated heterocycles. The Hall–Kier alpha value is -3.21. The fourth-order valence-corrected chi connectivity index (χ4v) is 2.86. The molecule has 0 atom stereocenters. The second-order valence-corrected chi connectivity index (χ2v) is 5.58. The van der Waals surface area contributed by atoms with Crippen molar-refractivity contribution in [1.82, 2.24) is 14.5 Å². The van der Waals surface area contributed by atoms with Crippen LogP contribution in [0, 0.1) is 0 Å². The van der Waals surface area contributed by atoms with Crippen molar-refractivity contribution in [2.24, 2.45) is 0 Å². The third-order valence-electron chi connectivity index (χ3n) is 3.86. The number of benzene rings is 2. The monoisotopic (exact) mass is 317 g/mol. The Bertz CT molecular complexity index is 1040. The number of carbonyl (C=O) groups is 1. The lowest BCUT2D eigenvalue weighted by atomic mass is 10.1. The van der Waals surface area contributed by atoms with Gasteiger partial charge in [-0.15, -0.1) is 0 Å². The normalized spacial score (nSPS) is 11.0. The number of pyridine rings is 1. The minimum absolute atomic E-state index is 0.253. The van der Waals surface area contributed by atoms with Crippen LogP contribution in [0.4, 0.5) is 0 Å². The quantitative estimate of drug-likeness (QED) is 0.542. The number of rotatable bonds is 3. The Morgan fingerprint density at radius 1 is 1.08 bits per heavy atom. The maximum Gasteiger partial charge on any atom is 0.309 e. The number of aromatic nitrogens is 3. The molecule has 0 radical (unpaired) electrons. The Kier molecular flexibility index (Phi) is 3.46. The van der Waals surface area contributed by atoms with E-state index in [2.05, 4.69) is 26.7 Å². The number of fused-ring (bicyclic) bond motifs is 3. The molecule has 118 valence electrons. The van der Waals surface area contributed by atoms with Crippen LogP contribution >= 0.6 is 0 Å². The summed E-state index contributed by atoms with van der Waals surface area (Å²) in [6.45, 7) is 2.05. The van der Waals surface area contributed by atoms with Crippen LogP contribution in [-0.2, 0) is 11.3 Å². The molecule has 5 heteroatoms. The zero-order valence-corrected chi connectivity index (χ0v) is 13.1. The molecule has 2 aromatic carbocycles. The lowest BCUT2D eigenvalue weighted by Gasteiger charge is -2.09. The third kappa shape index (κ3) is 2.50. The summed E-state index contributed by atoms with van der Waals surface area (Å²) < 4.78 is 7.33. The highest BCUT2D eigenvalue weighted by atomic mass is 16.5. The van der Waals surface area contributed by atoms with Crippen LogP contribution in [0.5, 0.6) is 5.88 Å². The van der Waals surface area contributed by atoms with E-state index < -0.39 is 5.97 Å². The van der Waals surface area contributed by atoms with Crippen molar-refractivity contribution in [1.29, 1.82) is 0 Å². The van der Waals surface area contributed by atoms with Crippen LogP contribution < -0.4 is 4.74 Å². The summed E-state index contributed by atoms with van der Waals surface area (Å²) >= 11 is 0. The van der Waals surface area contributed by atoms with Crippen LogP contribution in [-0.4, -0.2) is 20.5 Å². The molecule has 0 saturated carbocycles. The lowest BCUT2D eigenvalue weighted by Crippen LogP contribution is -2.05. The average Bonchev–Trinajstić information content (AvgIpc) is 3.00. The van der Waals surface area contributed by atoms with E-state index >= 15 is 0 Å². The highest BCUT2D eigenvalue weighted by Crippen LogP contribution is 2.30.